The lowest BCUT2D eigenvalue weighted by atomic mass is 10.1. The maximum atomic E-state index is 12.4. The Balaban J connectivity index is 1.79. The molecular formula is C17H20Cl2F3N3O2. The summed E-state index contributed by atoms with van der Waals surface area (Å²) in [6.45, 7) is 1.45. The minimum absolute atomic E-state index is 0.0541. The summed E-state index contributed by atoms with van der Waals surface area (Å²) >= 11 is 11.8. The van der Waals surface area contributed by atoms with Gasteiger partial charge < -0.3 is 10.6 Å². The molecule has 2 atom stereocenters. The van der Waals surface area contributed by atoms with Crippen LogP contribution in [0.5, 0.6) is 0 Å². The van der Waals surface area contributed by atoms with E-state index in [1.165, 1.54) is 17.9 Å². The molecule has 2 amide bonds. The van der Waals surface area contributed by atoms with Crippen LogP contribution in [0.2, 0.25) is 10.0 Å². The maximum absolute atomic E-state index is 12.4. The molecule has 0 spiro atoms. The zero-order valence-electron chi connectivity index (χ0n) is 14.6. The summed E-state index contributed by atoms with van der Waals surface area (Å²) in [6, 6.07) is 3.77. The van der Waals surface area contributed by atoms with Crippen molar-refractivity contribution in [3.63, 3.8) is 0 Å². The fourth-order valence-corrected chi connectivity index (χ4v) is 3.28. The van der Waals surface area contributed by atoms with Crippen LogP contribution in [0, 0.1) is 5.92 Å². The van der Waals surface area contributed by atoms with Gasteiger partial charge in [0.1, 0.15) is 6.04 Å². The Kier molecular flexibility index (Phi) is 7.36. The monoisotopic (exact) mass is 425 g/mol. The van der Waals surface area contributed by atoms with E-state index in [1.807, 2.05) is 0 Å². The lowest BCUT2D eigenvalue weighted by Crippen LogP contribution is -2.46. The van der Waals surface area contributed by atoms with Gasteiger partial charge in [0.2, 0.25) is 5.91 Å². The van der Waals surface area contributed by atoms with Crippen LogP contribution in [-0.4, -0.2) is 55.1 Å². The van der Waals surface area contributed by atoms with Gasteiger partial charge in [-0.05, 0) is 37.9 Å². The van der Waals surface area contributed by atoms with Gasteiger partial charge in [-0.2, -0.15) is 13.2 Å². The molecule has 0 aliphatic carbocycles. The van der Waals surface area contributed by atoms with E-state index in [0.29, 0.717) is 13.0 Å². The zero-order valence-corrected chi connectivity index (χ0v) is 16.1. The predicted octanol–water partition coefficient (Wildman–Crippen LogP) is 3.11. The molecule has 1 heterocycles. The van der Waals surface area contributed by atoms with Crippen LogP contribution in [0.15, 0.2) is 18.2 Å². The number of halogens is 5. The van der Waals surface area contributed by atoms with Crippen molar-refractivity contribution in [2.45, 2.75) is 25.6 Å². The van der Waals surface area contributed by atoms with Crippen LogP contribution in [0.25, 0.3) is 0 Å². The smallest absolute Gasteiger partial charge is 0.354 e. The van der Waals surface area contributed by atoms with E-state index in [-0.39, 0.29) is 34.6 Å². The SMILES string of the molecule is CC(NC(=O)c1cccc(Cl)c1Cl)C(=O)NCC1CCN(CC(F)(F)F)C1. The summed E-state index contributed by atoms with van der Waals surface area (Å²) in [7, 11) is 0. The second-order valence-corrected chi connectivity index (χ2v) is 7.33. The molecule has 1 saturated heterocycles. The Bertz CT molecular complexity index is 700. The second-order valence-electron chi connectivity index (χ2n) is 6.55. The minimum Gasteiger partial charge on any atom is -0.354 e. The lowest BCUT2D eigenvalue weighted by Gasteiger charge is -2.19. The van der Waals surface area contributed by atoms with Gasteiger partial charge in [0.05, 0.1) is 22.2 Å². The number of hydrogen-bond acceptors (Lipinski definition) is 3. The van der Waals surface area contributed by atoms with Crippen LogP contribution in [0.4, 0.5) is 13.2 Å². The van der Waals surface area contributed by atoms with Crippen molar-refractivity contribution in [1.82, 2.24) is 15.5 Å². The number of amides is 2. The van der Waals surface area contributed by atoms with Gasteiger partial charge in [0.25, 0.3) is 5.91 Å². The molecule has 1 aromatic rings. The van der Waals surface area contributed by atoms with Crippen LogP contribution in [-0.2, 0) is 4.79 Å². The van der Waals surface area contributed by atoms with E-state index in [9.17, 15) is 22.8 Å². The predicted molar refractivity (Wildman–Crippen MR) is 97.0 cm³/mol. The number of likely N-dealkylation sites (tertiary alicyclic amines) is 1. The van der Waals surface area contributed by atoms with Gasteiger partial charge in [-0.1, -0.05) is 29.3 Å². The fraction of sp³-hybridized carbons (Fsp3) is 0.529. The van der Waals surface area contributed by atoms with Gasteiger partial charge in [-0.3, -0.25) is 14.5 Å². The fourth-order valence-electron chi connectivity index (χ4n) is 2.89. The van der Waals surface area contributed by atoms with Crippen molar-refractivity contribution in [3.05, 3.63) is 33.8 Å². The van der Waals surface area contributed by atoms with Crippen molar-refractivity contribution in [2.24, 2.45) is 5.92 Å². The van der Waals surface area contributed by atoms with Gasteiger partial charge in [-0.25, -0.2) is 0 Å². The molecule has 10 heteroatoms. The number of nitrogens with one attached hydrogen (secondary N) is 2. The molecule has 0 radical (unpaired) electrons. The Labute approximate surface area is 165 Å². The second kappa shape index (κ2) is 9.12. The van der Waals surface area contributed by atoms with Gasteiger partial charge >= 0.3 is 6.18 Å². The number of benzene rings is 1. The summed E-state index contributed by atoms with van der Waals surface area (Å²) < 4.78 is 37.2. The average Bonchev–Trinajstić information content (AvgIpc) is 3.00. The lowest BCUT2D eigenvalue weighted by molar-refractivity contribution is -0.143. The van der Waals surface area contributed by atoms with Crippen LogP contribution in [0.3, 0.4) is 0 Å². The normalized spacial score (nSPS) is 19.0. The zero-order chi connectivity index (χ0) is 20.2. The largest absolute Gasteiger partial charge is 0.401 e. The summed E-state index contributed by atoms with van der Waals surface area (Å²) in [4.78, 5) is 25.7. The number of carbonyl (C=O) groups excluding carboxylic acids is 2. The first-order valence-corrected chi connectivity index (χ1v) is 9.14. The molecular weight excluding hydrogens is 406 g/mol. The number of rotatable bonds is 6. The highest BCUT2D eigenvalue weighted by molar-refractivity contribution is 6.43. The van der Waals surface area contributed by atoms with E-state index in [0.717, 1.165) is 0 Å². The number of hydrogen-bond donors (Lipinski definition) is 2. The molecule has 1 aliphatic heterocycles. The third kappa shape index (κ3) is 6.55. The molecule has 1 aliphatic rings. The molecule has 0 bridgehead atoms. The molecule has 0 saturated carbocycles. The van der Waals surface area contributed by atoms with Crippen molar-refractivity contribution in [1.29, 1.82) is 0 Å². The molecule has 1 fully saturated rings. The van der Waals surface area contributed by atoms with E-state index in [1.54, 1.807) is 12.1 Å². The highest BCUT2D eigenvalue weighted by Crippen LogP contribution is 2.25. The van der Waals surface area contributed by atoms with Crippen LogP contribution < -0.4 is 10.6 Å². The molecule has 2 unspecified atom stereocenters. The maximum Gasteiger partial charge on any atom is 0.401 e. The number of alkyl halides is 3. The van der Waals surface area contributed by atoms with E-state index >= 15 is 0 Å². The van der Waals surface area contributed by atoms with Crippen molar-refractivity contribution in [2.75, 3.05) is 26.2 Å². The third-order valence-corrected chi connectivity index (χ3v) is 5.09. The van der Waals surface area contributed by atoms with Gasteiger partial charge in [0.15, 0.2) is 0 Å². The standard InChI is InChI=1S/C17H20Cl2F3N3O2/c1-10(24-16(27)12-3-2-4-13(18)14(12)19)15(26)23-7-11-5-6-25(8-11)9-17(20,21)22/h2-4,10-11H,5-9H2,1H3,(H,23,26)(H,24,27). The third-order valence-electron chi connectivity index (χ3n) is 4.27. The first-order chi connectivity index (χ1) is 12.6. The molecule has 150 valence electrons. The first-order valence-electron chi connectivity index (χ1n) is 8.38. The first kappa shape index (κ1) is 21.8. The summed E-state index contributed by atoms with van der Waals surface area (Å²) in [6.07, 6.45) is -3.65. The van der Waals surface area contributed by atoms with Crippen molar-refractivity contribution in [3.8, 4) is 0 Å². The molecule has 0 aromatic heterocycles. The summed E-state index contributed by atoms with van der Waals surface area (Å²) in [5.74, 6) is -1.01. The highest BCUT2D eigenvalue weighted by Gasteiger charge is 2.34. The van der Waals surface area contributed by atoms with Gasteiger partial charge in [0, 0.05) is 13.1 Å². The Morgan fingerprint density at radius 1 is 1.33 bits per heavy atom. The minimum atomic E-state index is -4.22. The topological polar surface area (TPSA) is 61.4 Å². The Morgan fingerprint density at radius 3 is 2.70 bits per heavy atom. The van der Waals surface area contributed by atoms with Crippen molar-refractivity contribution >= 4 is 35.0 Å². The van der Waals surface area contributed by atoms with Crippen LogP contribution in [0.1, 0.15) is 23.7 Å². The highest BCUT2D eigenvalue weighted by atomic mass is 35.5. The quantitative estimate of drug-likeness (QED) is 0.735. The molecule has 1 aromatic carbocycles. The van der Waals surface area contributed by atoms with E-state index in [2.05, 4.69) is 10.6 Å². The van der Waals surface area contributed by atoms with Gasteiger partial charge in [-0.15, -0.1) is 0 Å². The average molecular weight is 426 g/mol. The Hall–Kier alpha value is -1.51. The van der Waals surface area contributed by atoms with Crippen molar-refractivity contribution < 1.29 is 22.8 Å². The molecule has 2 N–H and O–H groups in total. The summed E-state index contributed by atoms with van der Waals surface area (Å²) in [5, 5.41) is 5.52. The van der Waals surface area contributed by atoms with E-state index in [4.69, 9.17) is 23.2 Å². The number of nitrogens with zero attached hydrogens (tertiary/aromatic N) is 1. The molecule has 27 heavy (non-hydrogen) atoms. The summed E-state index contributed by atoms with van der Waals surface area (Å²) in [5.41, 5.74) is 0.155. The molecule has 2 rings (SSSR count). The molecule has 5 nitrogen and oxygen atoms in total. The number of carbonyl (C=O) groups is 2. The Morgan fingerprint density at radius 2 is 2.04 bits per heavy atom. The van der Waals surface area contributed by atoms with E-state index < -0.39 is 30.6 Å². The van der Waals surface area contributed by atoms with Crippen LogP contribution >= 0.6 is 23.2 Å².